The maximum Gasteiger partial charge on any atom is 0.322 e. The van der Waals surface area contributed by atoms with Crippen LogP contribution in [0, 0.1) is 5.92 Å². The molecule has 18 heavy (non-hydrogen) atoms. The van der Waals surface area contributed by atoms with E-state index in [1.165, 1.54) is 39.2 Å². The molecule has 0 aromatic carbocycles. The van der Waals surface area contributed by atoms with Crippen molar-refractivity contribution in [3.05, 3.63) is 0 Å². The lowest BCUT2D eigenvalue weighted by Crippen LogP contribution is -2.45. The van der Waals surface area contributed by atoms with Gasteiger partial charge in [0.1, 0.15) is 6.04 Å². The van der Waals surface area contributed by atoms with E-state index in [2.05, 4.69) is 19.2 Å². The summed E-state index contributed by atoms with van der Waals surface area (Å²) in [5.74, 6) is 0.739. The van der Waals surface area contributed by atoms with E-state index in [-0.39, 0.29) is 12.0 Å². The molecule has 3 nitrogen and oxygen atoms in total. The first-order valence-electron chi connectivity index (χ1n) is 7.55. The quantitative estimate of drug-likeness (QED) is 0.710. The van der Waals surface area contributed by atoms with Gasteiger partial charge in [-0.1, -0.05) is 46.0 Å². The number of rotatable bonds is 7. The van der Waals surface area contributed by atoms with Crippen LogP contribution in [0.4, 0.5) is 0 Å². The van der Waals surface area contributed by atoms with Gasteiger partial charge in [0.2, 0.25) is 0 Å². The Morgan fingerprint density at radius 1 is 1.39 bits per heavy atom. The number of hydrogen-bond acceptors (Lipinski definition) is 3. The molecule has 0 aromatic rings. The summed E-state index contributed by atoms with van der Waals surface area (Å²) in [6.45, 7) is 4.42. The van der Waals surface area contributed by atoms with Crippen LogP contribution in [0.1, 0.15) is 65.2 Å². The first-order valence-corrected chi connectivity index (χ1v) is 7.55. The Morgan fingerprint density at radius 3 is 2.78 bits per heavy atom. The van der Waals surface area contributed by atoms with Gasteiger partial charge in [-0.3, -0.25) is 4.79 Å². The van der Waals surface area contributed by atoms with Gasteiger partial charge in [0.25, 0.3) is 0 Å². The first kappa shape index (κ1) is 15.5. The van der Waals surface area contributed by atoms with Gasteiger partial charge in [-0.15, -0.1) is 0 Å². The van der Waals surface area contributed by atoms with E-state index >= 15 is 0 Å². The zero-order valence-electron chi connectivity index (χ0n) is 12.2. The standard InChI is InChI=1S/C15H29NO2/c1-4-6-10-14(15(17)18-3)16-13-9-7-8-12(5-2)11-13/h12-14,16H,4-11H2,1-3H3. The lowest BCUT2D eigenvalue weighted by molar-refractivity contribution is -0.143. The average Bonchev–Trinajstić information content (AvgIpc) is 2.42. The molecule has 0 bridgehead atoms. The van der Waals surface area contributed by atoms with Gasteiger partial charge in [0, 0.05) is 6.04 Å². The Bertz CT molecular complexity index is 243. The number of methoxy groups -OCH3 is 1. The maximum absolute atomic E-state index is 11.8. The van der Waals surface area contributed by atoms with Crippen molar-refractivity contribution in [1.29, 1.82) is 0 Å². The van der Waals surface area contributed by atoms with Crippen molar-refractivity contribution in [2.45, 2.75) is 77.3 Å². The highest BCUT2D eigenvalue weighted by molar-refractivity contribution is 5.75. The average molecular weight is 255 g/mol. The minimum Gasteiger partial charge on any atom is -0.468 e. The van der Waals surface area contributed by atoms with Crippen molar-refractivity contribution in [2.24, 2.45) is 5.92 Å². The molecule has 1 saturated carbocycles. The fourth-order valence-corrected chi connectivity index (χ4v) is 2.92. The van der Waals surface area contributed by atoms with E-state index < -0.39 is 0 Å². The molecule has 0 aromatic heterocycles. The van der Waals surface area contributed by atoms with Crippen LogP contribution >= 0.6 is 0 Å². The summed E-state index contributed by atoms with van der Waals surface area (Å²) in [5.41, 5.74) is 0. The second kappa shape index (κ2) is 8.52. The van der Waals surface area contributed by atoms with Crippen LogP contribution in [0.5, 0.6) is 0 Å². The Hall–Kier alpha value is -0.570. The van der Waals surface area contributed by atoms with Crippen LogP contribution in [0.25, 0.3) is 0 Å². The van der Waals surface area contributed by atoms with E-state index in [1.54, 1.807) is 0 Å². The molecule has 1 aliphatic carbocycles. The molecule has 106 valence electrons. The smallest absolute Gasteiger partial charge is 0.322 e. The fraction of sp³-hybridized carbons (Fsp3) is 0.933. The van der Waals surface area contributed by atoms with Crippen molar-refractivity contribution in [3.8, 4) is 0 Å². The molecule has 3 atom stereocenters. The van der Waals surface area contributed by atoms with Crippen molar-refractivity contribution in [1.82, 2.24) is 5.32 Å². The van der Waals surface area contributed by atoms with Gasteiger partial charge >= 0.3 is 5.97 Å². The summed E-state index contributed by atoms with van der Waals surface area (Å²) in [6.07, 6.45) is 9.43. The molecule has 1 fully saturated rings. The predicted molar refractivity (Wildman–Crippen MR) is 74.5 cm³/mol. The molecule has 0 radical (unpaired) electrons. The minimum absolute atomic E-state index is 0.0953. The highest BCUT2D eigenvalue weighted by Crippen LogP contribution is 2.27. The maximum atomic E-state index is 11.8. The van der Waals surface area contributed by atoms with Crippen LogP contribution in [-0.2, 0) is 9.53 Å². The number of carbonyl (C=O) groups excluding carboxylic acids is 1. The molecular weight excluding hydrogens is 226 g/mol. The number of carbonyl (C=O) groups is 1. The fourth-order valence-electron chi connectivity index (χ4n) is 2.92. The molecule has 0 heterocycles. The third-order valence-electron chi connectivity index (χ3n) is 4.13. The number of esters is 1. The van der Waals surface area contributed by atoms with Gasteiger partial charge in [-0.2, -0.15) is 0 Å². The monoisotopic (exact) mass is 255 g/mol. The van der Waals surface area contributed by atoms with E-state index in [9.17, 15) is 4.79 Å². The lowest BCUT2D eigenvalue weighted by atomic mass is 9.84. The van der Waals surface area contributed by atoms with E-state index in [1.807, 2.05) is 0 Å². The number of unbranched alkanes of at least 4 members (excludes halogenated alkanes) is 1. The third kappa shape index (κ3) is 4.97. The summed E-state index contributed by atoms with van der Waals surface area (Å²) in [4.78, 5) is 11.8. The second-order valence-corrected chi connectivity index (χ2v) is 5.52. The normalized spacial score (nSPS) is 25.7. The number of nitrogens with one attached hydrogen (secondary N) is 1. The summed E-state index contributed by atoms with van der Waals surface area (Å²) < 4.78 is 4.90. The molecule has 3 heteroatoms. The summed E-state index contributed by atoms with van der Waals surface area (Å²) in [6, 6.07) is 0.403. The molecule has 1 N–H and O–H groups in total. The molecule has 0 amide bonds. The molecule has 1 rings (SSSR count). The van der Waals surface area contributed by atoms with Gasteiger partial charge in [0.15, 0.2) is 0 Å². The van der Waals surface area contributed by atoms with Crippen molar-refractivity contribution in [2.75, 3.05) is 7.11 Å². The summed E-state index contributed by atoms with van der Waals surface area (Å²) in [7, 11) is 1.48. The van der Waals surface area contributed by atoms with Crippen LogP contribution in [0.2, 0.25) is 0 Å². The first-order chi connectivity index (χ1) is 8.71. The van der Waals surface area contributed by atoms with Crippen LogP contribution in [0.15, 0.2) is 0 Å². The van der Waals surface area contributed by atoms with Gasteiger partial charge in [-0.25, -0.2) is 0 Å². The predicted octanol–water partition coefficient (Wildman–Crippen LogP) is 3.28. The molecule has 0 saturated heterocycles. The van der Waals surface area contributed by atoms with Gasteiger partial charge < -0.3 is 10.1 Å². The number of ether oxygens (including phenoxy) is 1. The summed E-state index contributed by atoms with van der Waals surface area (Å²) in [5, 5.41) is 3.53. The largest absolute Gasteiger partial charge is 0.468 e. The van der Waals surface area contributed by atoms with Crippen molar-refractivity contribution >= 4 is 5.97 Å². The topological polar surface area (TPSA) is 38.3 Å². The number of hydrogen-bond donors (Lipinski definition) is 1. The lowest BCUT2D eigenvalue weighted by Gasteiger charge is -2.31. The zero-order chi connectivity index (χ0) is 13.4. The SMILES string of the molecule is CCCCC(NC1CCCC(CC)C1)C(=O)OC. The van der Waals surface area contributed by atoms with Crippen molar-refractivity contribution in [3.63, 3.8) is 0 Å². The molecule has 1 aliphatic rings. The Kier molecular flexibility index (Phi) is 7.33. The minimum atomic E-state index is -0.101. The van der Waals surface area contributed by atoms with Crippen LogP contribution in [0.3, 0.4) is 0 Å². The third-order valence-corrected chi connectivity index (χ3v) is 4.13. The van der Waals surface area contributed by atoms with Crippen molar-refractivity contribution < 1.29 is 9.53 Å². The Balaban J connectivity index is 2.45. The molecular formula is C15H29NO2. The van der Waals surface area contributed by atoms with E-state index in [0.717, 1.165) is 25.2 Å². The second-order valence-electron chi connectivity index (χ2n) is 5.52. The molecule has 3 unspecified atom stereocenters. The van der Waals surface area contributed by atoms with E-state index in [0.29, 0.717) is 6.04 Å². The van der Waals surface area contributed by atoms with E-state index in [4.69, 9.17) is 4.74 Å². The van der Waals surface area contributed by atoms with Gasteiger partial charge in [-0.05, 0) is 25.2 Å². The molecule has 0 aliphatic heterocycles. The van der Waals surface area contributed by atoms with Crippen LogP contribution in [-0.4, -0.2) is 25.2 Å². The highest BCUT2D eigenvalue weighted by atomic mass is 16.5. The Morgan fingerprint density at radius 2 is 2.17 bits per heavy atom. The molecule has 0 spiro atoms. The Labute approximate surface area is 112 Å². The van der Waals surface area contributed by atoms with Gasteiger partial charge in [0.05, 0.1) is 7.11 Å². The highest BCUT2D eigenvalue weighted by Gasteiger charge is 2.26. The van der Waals surface area contributed by atoms with Crippen LogP contribution < -0.4 is 5.32 Å². The zero-order valence-corrected chi connectivity index (χ0v) is 12.2. The summed E-state index contributed by atoms with van der Waals surface area (Å²) >= 11 is 0.